The molecule has 4 rings (SSSR count). The summed E-state index contributed by atoms with van der Waals surface area (Å²) in [5.41, 5.74) is 4.63. The Balaban J connectivity index is 1.62. The lowest BCUT2D eigenvalue weighted by molar-refractivity contribution is 0.102. The van der Waals surface area contributed by atoms with Gasteiger partial charge in [-0.3, -0.25) is 4.79 Å². The van der Waals surface area contributed by atoms with Crippen LogP contribution in [0.2, 0.25) is 0 Å². The number of pyridine rings is 1. The summed E-state index contributed by atoms with van der Waals surface area (Å²) in [7, 11) is 0. The maximum atomic E-state index is 13.3. The van der Waals surface area contributed by atoms with Crippen molar-refractivity contribution in [2.45, 2.75) is 6.92 Å². The van der Waals surface area contributed by atoms with Crippen molar-refractivity contribution in [3.05, 3.63) is 90.0 Å². The Labute approximate surface area is 149 Å². The van der Waals surface area contributed by atoms with Gasteiger partial charge in [0.1, 0.15) is 11.5 Å². The second kappa shape index (κ2) is 6.44. The number of imidazole rings is 1. The number of nitrogens with zero attached hydrogens (tertiary/aromatic N) is 2. The first-order chi connectivity index (χ1) is 12.6. The van der Waals surface area contributed by atoms with Gasteiger partial charge >= 0.3 is 0 Å². The summed E-state index contributed by atoms with van der Waals surface area (Å²) in [5, 5.41) is 2.80. The van der Waals surface area contributed by atoms with Crippen molar-refractivity contribution in [3.63, 3.8) is 0 Å². The molecule has 128 valence electrons. The lowest BCUT2D eigenvalue weighted by atomic mass is 10.1. The number of aromatic nitrogens is 2. The molecular formula is C21H16FN3O. The predicted octanol–water partition coefficient (Wildman–Crippen LogP) is 4.70. The number of amides is 1. The monoisotopic (exact) mass is 345 g/mol. The van der Waals surface area contributed by atoms with Gasteiger partial charge < -0.3 is 9.72 Å². The summed E-state index contributed by atoms with van der Waals surface area (Å²) in [6.07, 6.45) is 3.97. The van der Waals surface area contributed by atoms with Crippen LogP contribution in [0.3, 0.4) is 0 Å². The Morgan fingerprint density at radius 1 is 1.04 bits per heavy atom. The van der Waals surface area contributed by atoms with Crippen LogP contribution in [0.1, 0.15) is 15.9 Å². The van der Waals surface area contributed by atoms with Gasteiger partial charge in [-0.05, 0) is 48.9 Å². The van der Waals surface area contributed by atoms with Crippen molar-refractivity contribution in [1.29, 1.82) is 0 Å². The summed E-state index contributed by atoms with van der Waals surface area (Å²) < 4.78 is 15.3. The maximum Gasteiger partial charge on any atom is 0.255 e. The van der Waals surface area contributed by atoms with E-state index in [1.807, 2.05) is 54.0 Å². The first kappa shape index (κ1) is 16.0. The summed E-state index contributed by atoms with van der Waals surface area (Å²) in [6.45, 7) is 2.03. The summed E-state index contributed by atoms with van der Waals surface area (Å²) >= 11 is 0. The van der Waals surface area contributed by atoms with E-state index in [0.717, 1.165) is 22.5 Å². The van der Waals surface area contributed by atoms with Gasteiger partial charge in [0.25, 0.3) is 5.91 Å². The number of carbonyl (C=O) groups excluding carboxylic acids is 1. The molecule has 0 fully saturated rings. The Kier molecular flexibility index (Phi) is 3.97. The lowest BCUT2D eigenvalue weighted by Crippen LogP contribution is -2.12. The van der Waals surface area contributed by atoms with Gasteiger partial charge in [-0.25, -0.2) is 9.37 Å². The molecule has 0 saturated carbocycles. The molecule has 2 aromatic heterocycles. The fourth-order valence-electron chi connectivity index (χ4n) is 2.83. The molecule has 0 bridgehead atoms. The van der Waals surface area contributed by atoms with Crippen LogP contribution in [0.15, 0.2) is 73.1 Å². The van der Waals surface area contributed by atoms with Crippen molar-refractivity contribution in [1.82, 2.24) is 9.38 Å². The van der Waals surface area contributed by atoms with Crippen LogP contribution in [-0.2, 0) is 0 Å². The van der Waals surface area contributed by atoms with Gasteiger partial charge in [-0.1, -0.05) is 24.3 Å². The molecule has 2 aromatic carbocycles. The maximum absolute atomic E-state index is 13.3. The normalized spacial score (nSPS) is 10.8. The number of nitrogens with one attached hydrogen (secondary N) is 1. The molecule has 1 amide bonds. The SMILES string of the molecule is Cc1ccc2nc(-c3cccc(NC(=O)c4cccc(F)c4)c3)cn2c1. The smallest absolute Gasteiger partial charge is 0.255 e. The number of fused-ring (bicyclic) bond motifs is 1. The topological polar surface area (TPSA) is 46.4 Å². The number of benzene rings is 2. The van der Waals surface area contributed by atoms with Gasteiger partial charge in [0.05, 0.1) is 5.69 Å². The van der Waals surface area contributed by atoms with Crippen molar-refractivity contribution in [2.75, 3.05) is 5.32 Å². The molecule has 0 aliphatic rings. The first-order valence-electron chi connectivity index (χ1n) is 8.21. The highest BCUT2D eigenvalue weighted by atomic mass is 19.1. The zero-order valence-electron chi connectivity index (χ0n) is 14.1. The molecule has 0 aliphatic heterocycles. The van der Waals surface area contributed by atoms with E-state index in [1.54, 1.807) is 12.1 Å². The predicted molar refractivity (Wildman–Crippen MR) is 99.7 cm³/mol. The van der Waals surface area contributed by atoms with E-state index in [9.17, 15) is 9.18 Å². The Bertz CT molecular complexity index is 1120. The standard InChI is InChI=1S/C21H16FN3O/c1-14-8-9-20-24-19(13-25(20)12-14)15-4-3-7-18(11-15)23-21(26)16-5-2-6-17(22)10-16/h2-13H,1H3,(H,23,26). The van der Waals surface area contributed by atoms with Gasteiger partial charge in [0.2, 0.25) is 0 Å². The quantitative estimate of drug-likeness (QED) is 0.585. The average Bonchev–Trinajstić information content (AvgIpc) is 3.05. The summed E-state index contributed by atoms with van der Waals surface area (Å²) in [6, 6.07) is 17.0. The second-order valence-corrected chi connectivity index (χ2v) is 6.14. The number of rotatable bonds is 3. The molecule has 4 aromatic rings. The van der Waals surface area contributed by atoms with Crippen LogP contribution in [-0.4, -0.2) is 15.3 Å². The molecule has 26 heavy (non-hydrogen) atoms. The number of carbonyl (C=O) groups is 1. The van der Waals surface area contributed by atoms with Crippen LogP contribution in [0.25, 0.3) is 16.9 Å². The van der Waals surface area contributed by atoms with E-state index < -0.39 is 5.82 Å². The van der Waals surface area contributed by atoms with Gasteiger partial charge in [0.15, 0.2) is 0 Å². The van der Waals surface area contributed by atoms with E-state index in [1.165, 1.54) is 18.2 Å². The van der Waals surface area contributed by atoms with Crippen LogP contribution in [0.4, 0.5) is 10.1 Å². The van der Waals surface area contributed by atoms with Gasteiger partial charge in [0, 0.05) is 29.2 Å². The van der Waals surface area contributed by atoms with E-state index in [4.69, 9.17) is 0 Å². The van der Waals surface area contributed by atoms with Crippen LogP contribution in [0, 0.1) is 12.7 Å². The van der Waals surface area contributed by atoms with Crippen LogP contribution in [0.5, 0.6) is 0 Å². The highest BCUT2D eigenvalue weighted by molar-refractivity contribution is 6.04. The highest BCUT2D eigenvalue weighted by Gasteiger charge is 2.09. The van der Waals surface area contributed by atoms with E-state index in [0.29, 0.717) is 5.69 Å². The van der Waals surface area contributed by atoms with Crippen molar-refractivity contribution in [2.24, 2.45) is 0 Å². The number of anilines is 1. The van der Waals surface area contributed by atoms with Crippen LogP contribution >= 0.6 is 0 Å². The first-order valence-corrected chi connectivity index (χ1v) is 8.21. The van der Waals surface area contributed by atoms with Gasteiger partial charge in [-0.15, -0.1) is 0 Å². The summed E-state index contributed by atoms with van der Waals surface area (Å²) in [5.74, 6) is -0.793. The van der Waals surface area contributed by atoms with E-state index in [2.05, 4.69) is 10.3 Å². The summed E-state index contributed by atoms with van der Waals surface area (Å²) in [4.78, 5) is 16.9. The van der Waals surface area contributed by atoms with E-state index >= 15 is 0 Å². The highest BCUT2D eigenvalue weighted by Crippen LogP contribution is 2.23. The molecule has 1 N–H and O–H groups in total. The number of hydrogen-bond donors (Lipinski definition) is 1. The minimum absolute atomic E-state index is 0.276. The van der Waals surface area contributed by atoms with E-state index in [-0.39, 0.29) is 11.5 Å². The van der Waals surface area contributed by atoms with Crippen molar-refractivity contribution in [3.8, 4) is 11.3 Å². The zero-order valence-corrected chi connectivity index (χ0v) is 14.1. The molecule has 4 nitrogen and oxygen atoms in total. The fraction of sp³-hybridized carbons (Fsp3) is 0.0476. The molecular weight excluding hydrogens is 329 g/mol. The molecule has 0 unspecified atom stereocenters. The second-order valence-electron chi connectivity index (χ2n) is 6.14. The molecule has 0 radical (unpaired) electrons. The van der Waals surface area contributed by atoms with Gasteiger partial charge in [-0.2, -0.15) is 0 Å². The Morgan fingerprint density at radius 3 is 2.73 bits per heavy atom. The third-order valence-corrected chi connectivity index (χ3v) is 4.10. The minimum atomic E-state index is -0.439. The van der Waals surface area contributed by atoms with Crippen molar-refractivity contribution >= 4 is 17.2 Å². The largest absolute Gasteiger partial charge is 0.322 e. The Morgan fingerprint density at radius 2 is 1.88 bits per heavy atom. The molecule has 5 heteroatoms. The molecule has 0 saturated heterocycles. The number of hydrogen-bond acceptors (Lipinski definition) is 2. The molecule has 2 heterocycles. The molecule has 0 atom stereocenters. The fourth-order valence-corrected chi connectivity index (χ4v) is 2.83. The lowest BCUT2D eigenvalue weighted by Gasteiger charge is -2.06. The Hall–Kier alpha value is -3.47. The minimum Gasteiger partial charge on any atom is -0.322 e. The third kappa shape index (κ3) is 3.19. The number of halogens is 1. The number of aryl methyl sites for hydroxylation is 1. The van der Waals surface area contributed by atoms with Crippen LogP contribution < -0.4 is 5.32 Å². The molecule has 0 spiro atoms. The average molecular weight is 345 g/mol. The zero-order chi connectivity index (χ0) is 18.1. The molecule has 0 aliphatic carbocycles. The third-order valence-electron chi connectivity index (χ3n) is 4.10. The van der Waals surface area contributed by atoms with Crippen molar-refractivity contribution < 1.29 is 9.18 Å².